The molecule has 8 nitrogen and oxygen atoms in total. The highest BCUT2D eigenvalue weighted by Crippen LogP contribution is 2.39. The van der Waals surface area contributed by atoms with E-state index in [1.165, 1.54) is 70.6 Å². The monoisotopic (exact) mass is 554 g/mol. The molecule has 3 unspecified atom stereocenters. The van der Waals surface area contributed by atoms with E-state index >= 15 is 0 Å². The molecule has 1 rings (SSSR count). The van der Waals surface area contributed by atoms with Crippen LogP contribution < -0.4 is 0 Å². The Kier molecular flexibility index (Phi) is 18.6. The lowest BCUT2D eigenvalue weighted by Gasteiger charge is -2.35. The number of carboxylic acid groups (broad SMARTS) is 4. The second kappa shape index (κ2) is 20.7. The molecule has 0 saturated heterocycles. The number of rotatable bonds is 24. The normalized spacial score (nSPS) is 19.4. The van der Waals surface area contributed by atoms with Gasteiger partial charge in [-0.3, -0.25) is 19.2 Å². The van der Waals surface area contributed by atoms with Crippen molar-refractivity contribution in [1.82, 2.24) is 0 Å². The highest BCUT2D eigenvalue weighted by atomic mass is 16.4. The summed E-state index contributed by atoms with van der Waals surface area (Å²) in [6, 6.07) is 0. The maximum Gasteiger partial charge on any atom is 0.317 e. The van der Waals surface area contributed by atoms with Gasteiger partial charge in [-0.05, 0) is 43.4 Å². The Hall–Kier alpha value is -2.12. The van der Waals surface area contributed by atoms with E-state index in [1.54, 1.807) is 0 Å². The van der Waals surface area contributed by atoms with Crippen molar-refractivity contribution < 1.29 is 39.6 Å². The zero-order valence-electron chi connectivity index (χ0n) is 24.2. The minimum absolute atomic E-state index is 0.218. The Morgan fingerprint density at radius 2 is 0.846 bits per heavy atom. The summed E-state index contributed by atoms with van der Waals surface area (Å²) >= 11 is 0. The Labute approximate surface area is 235 Å². The largest absolute Gasteiger partial charge is 0.481 e. The molecule has 0 heterocycles. The Bertz CT molecular complexity index is 693. The standard InChI is InChI=1S/C31H54O8/c1-23-20-21-24(16-12-8-4-2-6-10-14-18-26(28(32)33)29(34)35)25(22-23)17-13-9-5-3-7-11-15-19-27(30(36)37)31(38)39/h23-27H,2-22H2,1H3,(H,32,33)(H,34,35)(H,36,37)(H,38,39). The first kappa shape index (κ1) is 34.9. The zero-order valence-corrected chi connectivity index (χ0v) is 24.2. The summed E-state index contributed by atoms with van der Waals surface area (Å²) in [5.74, 6) is -4.97. The number of hydrogen-bond donors (Lipinski definition) is 4. The third-order valence-corrected chi connectivity index (χ3v) is 8.73. The van der Waals surface area contributed by atoms with Gasteiger partial charge in [-0.25, -0.2) is 0 Å². The molecule has 1 fully saturated rings. The van der Waals surface area contributed by atoms with Gasteiger partial charge < -0.3 is 20.4 Å². The van der Waals surface area contributed by atoms with Gasteiger partial charge in [0.2, 0.25) is 0 Å². The van der Waals surface area contributed by atoms with Crippen molar-refractivity contribution >= 4 is 23.9 Å². The second-order valence-corrected chi connectivity index (χ2v) is 12.0. The highest BCUT2D eigenvalue weighted by Gasteiger charge is 2.28. The summed E-state index contributed by atoms with van der Waals surface area (Å²) in [7, 11) is 0. The van der Waals surface area contributed by atoms with E-state index in [0.29, 0.717) is 12.8 Å². The molecule has 226 valence electrons. The second-order valence-electron chi connectivity index (χ2n) is 12.0. The van der Waals surface area contributed by atoms with Crippen LogP contribution in [0.1, 0.15) is 142 Å². The number of carbonyl (C=O) groups is 4. The van der Waals surface area contributed by atoms with E-state index in [9.17, 15) is 19.2 Å². The van der Waals surface area contributed by atoms with E-state index < -0.39 is 35.7 Å². The lowest BCUT2D eigenvalue weighted by molar-refractivity contribution is -0.156. The van der Waals surface area contributed by atoms with E-state index in [4.69, 9.17) is 20.4 Å². The molecule has 8 heteroatoms. The first-order valence-electron chi connectivity index (χ1n) is 15.5. The number of aliphatic carboxylic acids is 4. The molecule has 0 aromatic carbocycles. The number of hydrogen-bond acceptors (Lipinski definition) is 4. The van der Waals surface area contributed by atoms with Crippen molar-refractivity contribution in [2.24, 2.45) is 29.6 Å². The first-order chi connectivity index (χ1) is 18.6. The molecule has 0 spiro atoms. The van der Waals surface area contributed by atoms with E-state index in [0.717, 1.165) is 56.3 Å². The van der Waals surface area contributed by atoms with E-state index in [1.807, 2.05) is 0 Å². The SMILES string of the molecule is CC1CCC(CCCCCCCCCC(C(=O)O)C(=O)O)C(CCCCCCCCCC(C(=O)O)C(=O)O)C1. The molecule has 1 aliphatic carbocycles. The Morgan fingerprint density at radius 3 is 1.23 bits per heavy atom. The lowest BCUT2D eigenvalue weighted by atomic mass is 9.71. The topological polar surface area (TPSA) is 149 Å². The predicted molar refractivity (Wildman–Crippen MR) is 151 cm³/mol. The van der Waals surface area contributed by atoms with E-state index in [2.05, 4.69) is 6.92 Å². The first-order valence-corrected chi connectivity index (χ1v) is 15.5. The van der Waals surface area contributed by atoms with E-state index in [-0.39, 0.29) is 12.8 Å². The van der Waals surface area contributed by atoms with Crippen molar-refractivity contribution in [3.05, 3.63) is 0 Å². The minimum atomic E-state index is -1.27. The molecule has 39 heavy (non-hydrogen) atoms. The van der Waals surface area contributed by atoms with Gasteiger partial charge in [0.1, 0.15) is 0 Å². The molecule has 0 radical (unpaired) electrons. The molecule has 0 amide bonds. The van der Waals surface area contributed by atoms with Crippen LogP contribution in [0.3, 0.4) is 0 Å². The fourth-order valence-corrected chi connectivity index (χ4v) is 6.28. The smallest absolute Gasteiger partial charge is 0.317 e. The molecular formula is C31H54O8. The predicted octanol–water partition coefficient (Wildman–Crippen LogP) is 7.63. The van der Waals surface area contributed by atoms with Crippen LogP contribution in [0, 0.1) is 29.6 Å². The van der Waals surface area contributed by atoms with Crippen LogP contribution in [0.4, 0.5) is 0 Å². The van der Waals surface area contributed by atoms with Gasteiger partial charge in [-0.2, -0.15) is 0 Å². The fourth-order valence-electron chi connectivity index (χ4n) is 6.28. The fraction of sp³-hybridized carbons (Fsp3) is 0.871. The van der Waals surface area contributed by atoms with Crippen LogP contribution in [-0.4, -0.2) is 44.3 Å². The van der Waals surface area contributed by atoms with Gasteiger partial charge in [0.25, 0.3) is 0 Å². The van der Waals surface area contributed by atoms with Crippen molar-refractivity contribution in [3.8, 4) is 0 Å². The van der Waals surface area contributed by atoms with Gasteiger partial charge in [0.15, 0.2) is 11.8 Å². The molecule has 0 aromatic rings. The number of carboxylic acids is 4. The average Bonchev–Trinajstić information content (AvgIpc) is 2.86. The summed E-state index contributed by atoms with van der Waals surface area (Å²) in [5.41, 5.74) is 0. The van der Waals surface area contributed by atoms with Crippen LogP contribution in [0.5, 0.6) is 0 Å². The molecule has 0 aromatic heterocycles. The maximum absolute atomic E-state index is 10.9. The Balaban J connectivity index is 2.10. The molecule has 0 aliphatic heterocycles. The van der Waals surface area contributed by atoms with Crippen LogP contribution >= 0.6 is 0 Å². The number of unbranched alkanes of at least 4 members (excludes halogenated alkanes) is 12. The van der Waals surface area contributed by atoms with Crippen molar-refractivity contribution in [2.45, 2.75) is 142 Å². The van der Waals surface area contributed by atoms with Gasteiger partial charge >= 0.3 is 23.9 Å². The molecule has 3 atom stereocenters. The van der Waals surface area contributed by atoms with Crippen LogP contribution in [0.15, 0.2) is 0 Å². The average molecular weight is 555 g/mol. The van der Waals surface area contributed by atoms with Gasteiger partial charge in [0, 0.05) is 0 Å². The van der Waals surface area contributed by atoms with Gasteiger partial charge in [0.05, 0.1) is 0 Å². The van der Waals surface area contributed by atoms with Crippen LogP contribution in [-0.2, 0) is 19.2 Å². The summed E-state index contributed by atoms with van der Waals surface area (Å²) in [5, 5.41) is 35.7. The minimum Gasteiger partial charge on any atom is -0.481 e. The molecule has 1 aliphatic rings. The van der Waals surface area contributed by atoms with Crippen molar-refractivity contribution in [2.75, 3.05) is 0 Å². The quantitative estimate of drug-likeness (QED) is 0.0702. The van der Waals surface area contributed by atoms with Gasteiger partial charge in [-0.15, -0.1) is 0 Å². The summed E-state index contributed by atoms with van der Waals surface area (Å²) in [6.07, 6.45) is 22.0. The van der Waals surface area contributed by atoms with Gasteiger partial charge in [-0.1, -0.05) is 116 Å². The van der Waals surface area contributed by atoms with Crippen LogP contribution in [0.25, 0.3) is 0 Å². The van der Waals surface area contributed by atoms with Crippen molar-refractivity contribution in [3.63, 3.8) is 0 Å². The summed E-state index contributed by atoms with van der Waals surface area (Å²) in [6.45, 7) is 2.39. The lowest BCUT2D eigenvalue weighted by Crippen LogP contribution is -2.24. The summed E-state index contributed by atoms with van der Waals surface area (Å²) in [4.78, 5) is 43.7. The van der Waals surface area contributed by atoms with Crippen molar-refractivity contribution in [1.29, 1.82) is 0 Å². The van der Waals surface area contributed by atoms with Crippen LogP contribution in [0.2, 0.25) is 0 Å². The zero-order chi connectivity index (χ0) is 29.0. The molecule has 0 bridgehead atoms. The summed E-state index contributed by atoms with van der Waals surface area (Å²) < 4.78 is 0. The molecule has 4 N–H and O–H groups in total. The third-order valence-electron chi connectivity index (χ3n) is 8.73. The molecular weight excluding hydrogens is 500 g/mol. The third kappa shape index (κ3) is 15.9. The Morgan fingerprint density at radius 1 is 0.513 bits per heavy atom. The molecule has 1 saturated carbocycles. The highest BCUT2D eigenvalue weighted by molar-refractivity contribution is 5.93. The maximum atomic E-state index is 10.9.